The third-order valence-corrected chi connectivity index (χ3v) is 1.96. The number of hydrogen-bond donors (Lipinski definition) is 1. The zero-order valence-electron chi connectivity index (χ0n) is 8.75. The highest BCUT2D eigenvalue weighted by molar-refractivity contribution is 7.45. The fraction of sp³-hybridized carbons (Fsp3) is 0.200. The van der Waals surface area contributed by atoms with Crippen molar-refractivity contribution >= 4 is 7.82 Å². The number of phosphoric acid groups is 1. The molecule has 1 atom stereocenters. The van der Waals surface area contributed by atoms with E-state index in [0.29, 0.717) is 0 Å². The number of benzene rings is 1. The number of phosphoric ester groups is 1. The van der Waals surface area contributed by atoms with Crippen LogP contribution in [0.3, 0.4) is 0 Å². The zero-order chi connectivity index (χ0) is 12.2. The van der Waals surface area contributed by atoms with Crippen LogP contribution in [0, 0.1) is 0 Å². The first kappa shape index (κ1) is 12.8. The molecule has 16 heavy (non-hydrogen) atoms. The van der Waals surface area contributed by atoms with Gasteiger partial charge in [-0.25, -0.2) is 0 Å². The molecule has 0 saturated heterocycles. The second kappa shape index (κ2) is 5.16. The van der Waals surface area contributed by atoms with E-state index in [9.17, 15) is 9.46 Å². The Labute approximate surface area is 93.6 Å². The molecule has 0 spiro atoms. The van der Waals surface area contributed by atoms with Gasteiger partial charge in [0, 0.05) is 0 Å². The Morgan fingerprint density at radius 2 is 2.06 bits per heavy atom. The van der Waals surface area contributed by atoms with Crippen molar-refractivity contribution in [2.75, 3.05) is 6.61 Å². The predicted octanol–water partition coefficient (Wildman–Crippen LogP) is 1.48. The van der Waals surface area contributed by atoms with E-state index in [1.807, 2.05) is 0 Å². The van der Waals surface area contributed by atoms with Crippen LogP contribution in [0.5, 0.6) is 11.5 Å². The van der Waals surface area contributed by atoms with Crippen molar-refractivity contribution in [1.82, 2.24) is 0 Å². The summed E-state index contributed by atoms with van der Waals surface area (Å²) in [5.41, 5.74) is 0.782. The predicted molar refractivity (Wildman–Crippen MR) is 57.2 cm³/mol. The Kier molecular flexibility index (Phi) is 4.12. The van der Waals surface area contributed by atoms with Gasteiger partial charge in [-0.15, -0.1) is 0 Å². The highest BCUT2D eigenvalue weighted by Gasteiger charge is 2.10. The van der Waals surface area contributed by atoms with Crippen LogP contribution in [0.15, 0.2) is 36.4 Å². The third-order valence-electron chi connectivity index (χ3n) is 1.54. The summed E-state index contributed by atoms with van der Waals surface area (Å²) in [7, 11) is -4.81. The summed E-state index contributed by atoms with van der Waals surface area (Å²) < 4.78 is 20.2. The van der Waals surface area contributed by atoms with Gasteiger partial charge in [-0.1, -0.05) is 18.7 Å². The minimum absolute atomic E-state index is 0.0513. The van der Waals surface area contributed by atoms with Gasteiger partial charge in [0.25, 0.3) is 0 Å². The lowest BCUT2D eigenvalue weighted by Crippen LogP contribution is -2.07. The molecule has 0 amide bonds. The Balaban J connectivity index is 2.83. The molecule has 1 unspecified atom stereocenters. The van der Waals surface area contributed by atoms with Crippen LogP contribution in [0.1, 0.15) is 6.92 Å². The Morgan fingerprint density at radius 1 is 1.50 bits per heavy atom. The lowest BCUT2D eigenvalue weighted by atomic mass is 10.3. The average Bonchev–Trinajstić information content (AvgIpc) is 2.14. The second-order valence-electron chi connectivity index (χ2n) is 3.25. The lowest BCUT2D eigenvalue weighted by Gasteiger charge is -2.18. The Hall–Kier alpha value is -1.29. The molecule has 0 heterocycles. The fourth-order valence-corrected chi connectivity index (χ4v) is 1.37. The van der Waals surface area contributed by atoms with Crippen LogP contribution in [-0.4, -0.2) is 11.5 Å². The normalized spacial score (nSPS) is 13.9. The summed E-state index contributed by atoms with van der Waals surface area (Å²) in [6.45, 7) is 5.66. The molecule has 0 aliphatic rings. The molecule has 0 aliphatic carbocycles. The summed E-state index contributed by atoms with van der Waals surface area (Å²) in [4.78, 5) is 19.2. The molecule has 5 nitrogen and oxygen atoms in total. The van der Waals surface area contributed by atoms with E-state index in [0.717, 1.165) is 5.57 Å². The first-order chi connectivity index (χ1) is 7.38. The summed E-state index contributed by atoms with van der Waals surface area (Å²) in [6.07, 6.45) is 0. The van der Waals surface area contributed by atoms with E-state index < -0.39 is 7.82 Å². The number of hydrogen-bond acceptors (Lipinski definition) is 4. The largest absolute Gasteiger partial charge is 0.746 e. The molecule has 1 rings (SSSR count). The standard InChI is InChI=1S/C10H13O5P/c1-8(2)7-14-9-5-3-4-6-10(9)15-16(11,12)13/h3-6H,1,7H2,2H3,(H2,11,12,13)/p-1. The highest BCUT2D eigenvalue weighted by Crippen LogP contribution is 2.38. The van der Waals surface area contributed by atoms with Gasteiger partial charge in [0.15, 0.2) is 11.5 Å². The zero-order valence-corrected chi connectivity index (χ0v) is 9.65. The van der Waals surface area contributed by atoms with Gasteiger partial charge in [-0.3, -0.25) is 4.57 Å². The molecule has 1 N–H and O–H groups in total. The van der Waals surface area contributed by atoms with Crippen LogP contribution in [0.25, 0.3) is 0 Å². The van der Waals surface area contributed by atoms with E-state index in [2.05, 4.69) is 11.1 Å². The maximum absolute atomic E-state index is 10.6. The van der Waals surface area contributed by atoms with Crippen molar-refractivity contribution < 1.29 is 23.6 Å². The fourth-order valence-electron chi connectivity index (χ4n) is 0.970. The maximum Gasteiger partial charge on any atom is 0.317 e. The monoisotopic (exact) mass is 243 g/mol. The van der Waals surface area contributed by atoms with Gasteiger partial charge in [0.2, 0.25) is 0 Å². The number of rotatable bonds is 5. The Bertz CT molecular complexity index is 423. The minimum Gasteiger partial charge on any atom is -0.746 e. The van der Waals surface area contributed by atoms with Crippen molar-refractivity contribution in [3.63, 3.8) is 0 Å². The smallest absolute Gasteiger partial charge is 0.317 e. The second-order valence-corrected chi connectivity index (χ2v) is 4.37. The molecule has 0 aromatic heterocycles. The van der Waals surface area contributed by atoms with Gasteiger partial charge < -0.3 is 19.0 Å². The van der Waals surface area contributed by atoms with Crippen LogP contribution in [0.2, 0.25) is 0 Å². The molecule has 0 radical (unpaired) electrons. The van der Waals surface area contributed by atoms with E-state index in [1.54, 1.807) is 19.1 Å². The quantitative estimate of drug-likeness (QED) is 0.626. The summed E-state index contributed by atoms with van der Waals surface area (Å²) >= 11 is 0. The molecule has 88 valence electrons. The van der Waals surface area contributed by atoms with Crippen molar-refractivity contribution in [1.29, 1.82) is 0 Å². The first-order valence-electron chi connectivity index (χ1n) is 4.48. The third kappa shape index (κ3) is 4.49. The van der Waals surface area contributed by atoms with Crippen molar-refractivity contribution in [3.8, 4) is 11.5 Å². The van der Waals surface area contributed by atoms with E-state index >= 15 is 0 Å². The van der Waals surface area contributed by atoms with Crippen LogP contribution in [-0.2, 0) is 4.57 Å². The van der Waals surface area contributed by atoms with Gasteiger partial charge in [0.05, 0.1) is 0 Å². The molecule has 0 aliphatic heterocycles. The van der Waals surface area contributed by atoms with Crippen LogP contribution >= 0.6 is 7.82 Å². The maximum atomic E-state index is 10.6. The minimum atomic E-state index is -4.81. The van der Waals surface area contributed by atoms with Gasteiger partial charge in [0.1, 0.15) is 6.61 Å². The molecular weight excluding hydrogens is 231 g/mol. The summed E-state index contributed by atoms with van der Waals surface area (Å²) in [5.74, 6) is 0.181. The molecular formula is C10H12O5P-. The molecule has 1 aromatic carbocycles. The van der Waals surface area contributed by atoms with Crippen LogP contribution < -0.4 is 14.2 Å². The topological polar surface area (TPSA) is 78.8 Å². The molecule has 6 heteroatoms. The number of ether oxygens (including phenoxy) is 1. The van der Waals surface area contributed by atoms with Crippen molar-refractivity contribution in [2.45, 2.75) is 6.92 Å². The highest BCUT2D eigenvalue weighted by atomic mass is 31.2. The number of para-hydroxylation sites is 2. The lowest BCUT2D eigenvalue weighted by molar-refractivity contribution is -0.211. The molecule has 1 aromatic rings. The summed E-state index contributed by atoms with van der Waals surface area (Å²) in [5, 5.41) is 0. The first-order valence-corrected chi connectivity index (χ1v) is 5.97. The van der Waals surface area contributed by atoms with E-state index in [4.69, 9.17) is 9.63 Å². The van der Waals surface area contributed by atoms with Gasteiger partial charge in [-0.2, -0.15) is 0 Å². The van der Waals surface area contributed by atoms with Gasteiger partial charge >= 0.3 is 7.82 Å². The van der Waals surface area contributed by atoms with Crippen molar-refractivity contribution in [2.24, 2.45) is 0 Å². The molecule has 0 bridgehead atoms. The van der Waals surface area contributed by atoms with Crippen LogP contribution in [0.4, 0.5) is 0 Å². The summed E-state index contributed by atoms with van der Waals surface area (Å²) in [6, 6.07) is 6.15. The average molecular weight is 243 g/mol. The van der Waals surface area contributed by atoms with E-state index in [1.165, 1.54) is 12.1 Å². The SMILES string of the molecule is C=C(C)COc1ccccc1OP(=O)([O-])O. The molecule has 0 saturated carbocycles. The van der Waals surface area contributed by atoms with E-state index in [-0.39, 0.29) is 18.1 Å². The van der Waals surface area contributed by atoms with Crippen molar-refractivity contribution in [3.05, 3.63) is 36.4 Å². The Morgan fingerprint density at radius 3 is 2.56 bits per heavy atom. The molecule has 0 fully saturated rings. The van der Waals surface area contributed by atoms with Gasteiger partial charge in [-0.05, 0) is 24.6 Å².